The first-order valence-electron chi connectivity index (χ1n) is 5.60. The molecule has 1 aromatic heterocycles. The van der Waals surface area contributed by atoms with Gasteiger partial charge in [-0.25, -0.2) is 9.78 Å². The number of ether oxygens (including phenoxy) is 2. The number of aromatic nitrogens is 1. The Kier molecular flexibility index (Phi) is 3.74. The quantitative estimate of drug-likeness (QED) is 0.655. The lowest BCUT2D eigenvalue weighted by Crippen LogP contribution is -1.94. The van der Waals surface area contributed by atoms with E-state index in [0.717, 1.165) is 33.7 Å². The first kappa shape index (κ1) is 12.7. The molecule has 0 bridgehead atoms. The Balaban J connectivity index is 2.53. The van der Waals surface area contributed by atoms with Gasteiger partial charge in [-0.3, -0.25) is 0 Å². The molecular weight excluding hydrogens is 234 g/mol. The Labute approximate surface area is 106 Å². The molecule has 0 aliphatic carbocycles. The SMILES string of the molecule is COOCc1cc2cc(OC)c(C)c(OC)c2[nH]1. The number of hydrogen-bond donors (Lipinski definition) is 1. The van der Waals surface area contributed by atoms with Crippen molar-refractivity contribution < 1.29 is 19.2 Å². The lowest BCUT2D eigenvalue weighted by atomic mass is 10.1. The van der Waals surface area contributed by atoms with Gasteiger partial charge >= 0.3 is 0 Å². The van der Waals surface area contributed by atoms with Crippen LogP contribution in [0.15, 0.2) is 12.1 Å². The second-order valence-corrected chi connectivity index (χ2v) is 3.92. The maximum Gasteiger partial charge on any atom is 0.149 e. The Morgan fingerprint density at radius 2 is 1.89 bits per heavy atom. The maximum absolute atomic E-state index is 5.44. The molecule has 0 unspecified atom stereocenters. The summed E-state index contributed by atoms with van der Waals surface area (Å²) in [5.41, 5.74) is 2.82. The molecule has 2 rings (SSSR count). The van der Waals surface area contributed by atoms with Gasteiger partial charge in [0.1, 0.15) is 18.1 Å². The number of methoxy groups -OCH3 is 2. The van der Waals surface area contributed by atoms with Gasteiger partial charge in [0.25, 0.3) is 0 Å². The van der Waals surface area contributed by atoms with Gasteiger partial charge < -0.3 is 14.5 Å². The molecule has 0 aliphatic heterocycles. The van der Waals surface area contributed by atoms with E-state index in [1.807, 2.05) is 19.1 Å². The van der Waals surface area contributed by atoms with Gasteiger partial charge in [0, 0.05) is 16.6 Å². The summed E-state index contributed by atoms with van der Waals surface area (Å²) in [6.07, 6.45) is 0. The largest absolute Gasteiger partial charge is 0.496 e. The third-order valence-electron chi connectivity index (χ3n) is 2.88. The van der Waals surface area contributed by atoms with Gasteiger partial charge in [-0.15, -0.1) is 0 Å². The van der Waals surface area contributed by atoms with Crippen LogP contribution in [0, 0.1) is 6.92 Å². The molecule has 0 amide bonds. The van der Waals surface area contributed by atoms with Crippen molar-refractivity contribution in [2.24, 2.45) is 0 Å². The number of H-pyrrole nitrogens is 1. The van der Waals surface area contributed by atoms with E-state index in [9.17, 15) is 0 Å². The molecule has 1 N–H and O–H groups in total. The third kappa shape index (κ3) is 2.14. The minimum absolute atomic E-state index is 0.357. The predicted molar refractivity (Wildman–Crippen MR) is 67.9 cm³/mol. The minimum Gasteiger partial charge on any atom is -0.496 e. The summed E-state index contributed by atoms with van der Waals surface area (Å²) in [5.74, 6) is 1.59. The first-order chi connectivity index (χ1) is 8.71. The number of nitrogens with one attached hydrogen (secondary N) is 1. The summed E-state index contributed by atoms with van der Waals surface area (Å²) in [6, 6.07) is 3.96. The highest BCUT2D eigenvalue weighted by Crippen LogP contribution is 2.36. The minimum atomic E-state index is 0.357. The highest BCUT2D eigenvalue weighted by molar-refractivity contribution is 5.89. The number of hydrogen-bond acceptors (Lipinski definition) is 4. The Morgan fingerprint density at radius 3 is 2.50 bits per heavy atom. The zero-order chi connectivity index (χ0) is 13.1. The number of rotatable bonds is 5. The van der Waals surface area contributed by atoms with Crippen LogP contribution in [0.5, 0.6) is 11.5 Å². The molecular formula is C13H17NO4. The van der Waals surface area contributed by atoms with Crippen LogP contribution in [0.4, 0.5) is 0 Å². The molecule has 5 heteroatoms. The van der Waals surface area contributed by atoms with Gasteiger partial charge in [0.05, 0.1) is 26.8 Å². The van der Waals surface area contributed by atoms with Crippen LogP contribution in [0.3, 0.4) is 0 Å². The van der Waals surface area contributed by atoms with Crippen molar-refractivity contribution >= 4 is 10.9 Å². The van der Waals surface area contributed by atoms with E-state index in [4.69, 9.17) is 14.4 Å². The molecule has 2 aromatic rings. The Morgan fingerprint density at radius 1 is 1.11 bits per heavy atom. The van der Waals surface area contributed by atoms with Gasteiger partial charge in [-0.05, 0) is 19.1 Å². The predicted octanol–water partition coefficient (Wildman–Crippen LogP) is 2.57. The molecule has 5 nitrogen and oxygen atoms in total. The zero-order valence-corrected chi connectivity index (χ0v) is 11.0. The fourth-order valence-electron chi connectivity index (χ4n) is 2.05. The van der Waals surface area contributed by atoms with E-state index >= 15 is 0 Å². The van der Waals surface area contributed by atoms with Crippen molar-refractivity contribution in [3.05, 3.63) is 23.4 Å². The first-order valence-corrected chi connectivity index (χ1v) is 5.60. The van der Waals surface area contributed by atoms with Crippen molar-refractivity contribution in [2.75, 3.05) is 21.3 Å². The summed E-state index contributed by atoms with van der Waals surface area (Å²) in [7, 11) is 4.78. The van der Waals surface area contributed by atoms with Crippen LogP contribution in [0.25, 0.3) is 10.9 Å². The smallest absolute Gasteiger partial charge is 0.149 e. The van der Waals surface area contributed by atoms with Crippen molar-refractivity contribution in [3.8, 4) is 11.5 Å². The van der Waals surface area contributed by atoms with Crippen molar-refractivity contribution in [2.45, 2.75) is 13.5 Å². The highest BCUT2D eigenvalue weighted by Gasteiger charge is 2.13. The summed E-state index contributed by atoms with van der Waals surface area (Å²) in [5, 5.41) is 1.02. The second kappa shape index (κ2) is 5.29. The summed E-state index contributed by atoms with van der Waals surface area (Å²) >= 11 is 0. The normalized spacial score (nSPS) is 10.9. The molecule has 98 valence electrons. The molecule has 0 saturated carbocycles. The van der Waals surface area contributed by atoms with Crippen molar-refractivity contribution in [1.82, 2.24) is 4.98 Å². The Bertz CT molecular complexity index is 547. The topological polar surface area (TPSA) is 52.7 Å². The molecule has 0 spiro atoms. The van der Waals surface area contributed by atoms with E-state index in [2.05, 4.69) is 9.87 Å². The van der Waals surface area contributed by atoms with Crippen LogP contribution in [-0.4, -0.2) is 26.3 Å². The molecule has 0 atom stereocenters. The average Bonchev–Trinajstić information content (AvgIpc) is 2.78. The van der Waals surface area contributed by atoms with E-state index in [-0.39, 0.29) is 0 Å². The molecule has 0 saturated heterocycles. The van der Waals surface area contributed by atoms with Crippen LogP contribution < -0.4 is 9.47 Å². The maximum atomic E-state index is 5.44. The van der Waals surface area contributed by atoms with Gasteiger partial charge in [0.2, 0.25) is 0 Å². The van der Waals surface area contributed by atoms with Gasteiger partial charge in [-0.2, -0.15) is 0 Å². The second-order valence-electron chi connectivity index (χ2n) is 3.92. The van der Waals surface area contributed by atoms with E-state index in [1.54, 1.807) is 14.2 Å². The van der Waals surface area contributed by atoms with E-state index < -0.39 is 0 Å². The third-order valence-corrected chi connectivity index (χ3v) is 2.88. The summed E-state index contributed by atoms with van der Waals surface area (Å²) in [4.78, 5) is 12.8. The van der Waals surface area contributed by atoms with Crippen LogP contribution in [0.1, 0.15) is 11.3 Å². The molecule has 1 heterocycles. The van der Waals surface area contributed by atoms with Crippen LogP contribution in [0.2, 0.25) is 0 Å². The molecule has 1 aromatic carbocycles. The fraction of sp³-hybridized carbons (Fsp3) is 0.385. The zero-order valence-electron chi connectivity index (χ0n) is 11.0. The average molecular weight is 251 g/mol. The number of aromatic amines is 1. The highest BCUT2D eigenvalue weighted by atomic mass is 17.2. The number of fused-ring (bicyclic) bond motifs is 1. The molecule has 0 fully saturated rings. The van der Waals surface area contributed by atoms with Crippen molar-refractivity contribution in [3.63, 3.8) is 0 Å². The van der Waals surface area contributed by atoms with E-state index in [0.29, 0.717) is 6.61 Å². The molecule has 18 heavy (non-hydrogen) atoms. The standard InChI is InChI=1S/C13H17NO4/c1-8-11(15-2)6-9-5-10(7-18-17-4)14-12(9)13(8)16-3/h5-6,14H,7H2,1-4H3. The summed E-state index contributed by atoms with van der Waals surface area (Å²) < 4.78 is 10.8. The van der Waals surface area contributed by atoms with Gasteiger partial charge in [0.15, 0.2) is 0 Å². The van der Waals surface area contributed by atoms with Gasteiger partial charge in [-0.1, -0.05) is 0 Å². The lowest BCUT2D eigenvalue weighted by molar-refractivity contribution is -0.282. The fourth-order valence-corrected chi connectivity index (χ4v) is 2.05. The number of benzene rings is 1. The van der Waals surface area contributed by atoms with Crippen molar-refractivity contribution in [1.29, 1.82) is 0 Å². The van der Waals surface area contributed by atoms with Crippen LogP contribution in [-0.2, 0) is 16.4 Å². The monoisotopic (exact) mass is 251 g/mol. The van der Waals surface area contributed by atoms with E-state index in [1.165, 1.54) is 7.11 Å². The molecule has 0 radical (unpaired) electrons. The molecule has 0 aliphatic rings. The Hall–Kier alpha value is -1.72. The lowest BCUT2D eigenvalue weighted by Gasteiger charge is -2.10. The van der Waals surface area contributed by atoms with Crippen LogP contribution >= 0.6 is 0 Å². The summed E-state index contributed by atoms with van der Waals surface area (Å²) in [6.45, 7) is 2.32.